The summed E-state index contributed by atoms with van der Waals surface area (Å²) in [5, 5.41) is 4.65. The number of fused-ring (bicyclic) bond motifs is 1. The van der Waals surface area contributed by atoms with Gasteiger partial charge in [0, 0.05) is 25.9 Å². The minimum atomic E-state index is -4.60. The third kappa shape index (κ3) is 2.58. The zero-order chi connectivity index (χ0) is 15.2. The molecule has 0 radical (unpaired) electrons. The van der Waals surface area contributed by atoms with Crippen molar-refractivity contribution in [3.05, 3.63) is 12.5 Å². The van der Waals surface area contributed by atoms with Crippen LogP contribution in [0.3, 0.4) is 0 Å². The molecule has 1 saturated heterocycles. The van der Waals surface area contributed by atoms with Crippen LogP contribution in [0.5, 0.6) is 0 Å². The third-order valence-corrected chi connectivity index (χ3v) is 4.27. The van der Waals surface area contributed by atoms with Gasteiger partial charge in [-0.2, -0.15) is 13.5 Å². The number of carbonyl (C=O) groups is 1. The van der Waals surface area contributed by atoms with E-state index < -0.39 is 21.9 Å². The Kier molecular flexibility index (Phi) is 3.12. The second-order valence-corrected chi connectivity index (χ2v) is 6.39. The second kappa shape index (κ2) is 4.72. The Balaban J connectivity index is 1.94. The van der Waals surface area contributed by atoms with Gasteiger partial charge in [0.05, 0.1) is 17.3 Å². The molecule has 1 aliphatic heterocycles. The number of aromatic nitrogens is 4. The van der Waals surface area contributed by atoms with Crippen LogP contribution in [0.15, 0.2) is 12.5 Å². The van der Waals surface area contributed by atoms with Crippen molar-refractivity contribution in [2.75, 3.05) is 17.2 Å². The molecule has 10 heteroatoms. The molecule has 0 aromatic carbocycles. The number of anilines is 1. The lowest BCUT2D eigenvalue weighted by Gasteiger charge is -2.15. The molecule has 21 heavy (non-hydrogen) atoms. The van der Waals surface area contributed by atoms with Gasteiger partial charge in [-0.15, -0.1) is 3.89 Å². The molecule has 2 aromatic rings. The first-order valence-corrected chi connectivity index (χ1v) is 7.76. The predicted octanol–water partition coefficient (Wildman–Crippen LogP) is 0.0155. The first kappa shape index (κ1) is 13.9. The second-order valence-electron chi connectivity index (χ2n) is 4.98. The maximum Gasteiger partial charge on any atom is 0.302 e. The summed E-state index contributed by atoms with van der Waals surface area (Å²) in [4.78, 5) is 21.6. The van der Waals surface area contributed by atoms with Crippen molar-refractivity contribution in [2.24, 2.45) is 13.0 Å². The number of nitrogens with zero attached hydrogens (tertiary/aromatic N) is 5. The lowest BCUT2D eigenvalue weighted by molar-refractivity contribution is -0.117. The van der Waals surface area contributed by atoms with Gasteiger partial charge < -0.3 is 0 Å². The molecule has 0 spiro atoms. The fourth-order valence-corrected chi connectivity index (χ4v) is 3.33. The van der Waals surface area contributed by atoms with Gasteiger partial charge in [-0.3, -0.25) is 14.4 Å². The number of hydrogen-bond donors (Lipinski definition) is 0. The van der Waals surface area contributed by atoms with Crippen LogP contribution in [0.1, 0.15) is 6.42 Å². The van der Waals surface area contributed by atoms with E-state index in [4.69, 9.17) is 0 Å². The standard InChI is InChI=1S/C11H12FN5O3S/c1-16-10-8(3-15-16)11(14-6-13-10)17-4-7(2-9(17)18)5-21(12,19)20/h3,6-7H,2,4-5H2,1H3. The zero-order valence-electron chi connectivity index (χ0n) is 11.1. The molecular weight excluding hydrogens is 301 g/mol. The van der Waals surface area contributed by atoms with Crippen molar-refractivity contribution in [3.63, 3.8) is 0 Å². The monoisotopic (exact) mass is 313 g/mol. The van der Waals surface area contributed by atoms with Gasteiger partial charge in [-0.25, -0.2) is 9.97 Å². The van der Waals surface area contributed by atoms with Gasteiger partial charge >= 0.3 is 10.2 Å². The predicted molar refractivity (Wildman–Crippen MR) is 71.7 cm³/mol. The summed E-state index contributed by atoms with van der Waals surface area (Å²) in [5.41, 5.74) is 0.564. The van der Waals surface area contributed by atoms with E-state index in [9.17, 15) is 17.1 Å². The van der Waals surface area contributed by atoms with Crippen LogP contribution < -0.4 is 4.90 Å². The quantitative estimate of drug-likeness (QED) is 0.741. The van der Waals surface area contributed by atoms with E-state index in [0.29, 0.717) is 16.9 Å². The number of rotatable bonds is 3. The first-order valence-electron chi connectivity index (χ1n) is 6.20. The highest BCUT2D eigenvalue weighted by atomic mass is 32.3. The number of halogens is 1. The van der Waals surface area contributed by atoms with Gasteiger partial charge in [0.15, 0.2) is 5.65 Å². The Hall–Kier alpha value is -2.10. The van der Waals surface area contributed by atoms with Crippen molar-refractivity contribution in [2.45, 2.75) is 6.42 Å². The largest absolute Gasteiger partial charge is 0.302 e. The molecule has 3 heterocycles. The zero-order valence-corrected chi connectivity index (χ0v) is 11.9. The molecule has 112 valence electrons. The van der Waals surface area contributed by atoms with E-state index in [1.165, 1.54) is 17.4 Å². The summed E-state index contributed by atoms with van der Waals surface area (Å²) in [6.45, 7) is 0.114. The Morgan fingerprint density at radius 3 is 2.90 bits per heavy atom. The molecule has 1 aliphatic rings. The maximum absolute atomic E-state index is 12.8. The molecule has 2 aromatic heterocycles. The summed E-state index contributed by atoms with van der Waals surface area (Å²) in [6, 6.07) is 0. The molecule has 3 rings (SSSR count). The Morgan fingerprint density at radius 2 is 2.19 bits per heavy atom. The maximum atomic E-state index is 12.8. The van der Waals surface area contributed by atoms with Crippen LogP contribution in [0.2, 0.25) is 0 Å². The van der Waals surface area contributed by atoms with Crippen molar-refractivity contribution < 1.29 is 17.1 Å². The van der Waals surface area contributed by atoms with Crippen LogP contribution >= 0.6 is 0 Å². The molecule has 0 N–H and O–H groups in total. The summed E-state index contributed by atoms with van der Waals surface area (Å²) >= 11 is 0. The van der Waals surface area contributed by atoms with Crippen LogP contribution in [-0.2, 0) is 22.1 Å². The minimum Gasteiger partial charge on any atom is -0.296 e. The molecule has 1 atom stereocenters. The summed E-state index contributed by atoms with van der Waals surface area (Å²) < 4.78 is 35.7. The number of hydrogen-bond acceptors (Lipinski definition) is 6. The van der Waals surface area contributed by atoms with Gasteiger partial charge in [0.2, 0.25) is 5.91 Å². The normalized spacial score (nSPS) is 19.6. The third-order valence-electron chi connectivity index (χ3n) is 3.40. The number of aryl methyl sites for hydroxylation is 1. The first-order chi connectivity index (χ1) is 9.85. The molecule has 1 fully saturated rings. The van der Waals surface area contributed by atoms with E-state index in [2.05, 4.69) is 15.1 Å². The highest BCUT2D eigenvalue weighted by Crippen LogP contribution is 2.29. The molecule has 1 amide bonds. The van der Waals surface area contributed by atoms with Crippen molar-refractivity contribution in [1.82, 2.24) is 19.7 Å². The van der Waals surface area contributed by atoms with Crippen LogP contribution in [0.25, 0.3) is 11.0 Å². The van der Waals surface area contributed by atoms with E-state index in [0.717, 1.165) is 0 Å². The Bertz CT molecular complexity index is 818. The number of carbonyl (C=O) groups excluding carboxylic acids is 1. The highest BCUT2D eigenvalue weighted by molar-refractivity contribution is 7.86. The fourth-order valence-electron chi connectivity index (χ4n) is 2.54. The Labute approximate surface area is 119 Å². The molecular formula is C11H12FN5O3S. The summed E-state index contributed by atoms with van der Waals surface area (Å²) in [7, 11) is -2.89. The highest BCUT2D eigenvalue weighted by Gasteiger charge is 2.35. The minimum absolute atomic E-state index is 0.0189. The van der Waals surface area contributed by atoms with Crippen LogP contribution in [0.4, 0.5) is 9.70 Å². The SMILES string of the molecule is Cn1ncc2c(N3CC(CS(=O)(=O)F)CC3=O)ncnc21. The van der Waals surface area contributed by atoms with Crippen LogP contribution in [0, 0.1) is 5.92 Å². The van der Waals surface area contributed by atoms with E-state index in [-0.39, 0.29) is 18.9 Å². The Morgan fingerprint density at radius 1 is 1.43 bits per heavy atom. The van der Waals surface area contributed by atoms with Crippen molar-refractivity contribution >= 4 is 33.0 Å². The van der Waals surface area contributed by atoms with E-state index in [1.54, 1.807) is 11.7 Å². The summed E-state index contributed by atoms with van der Waals surface area (Å²) in [5.74, 6) is -1.14. The lowest BCUT2D eigenvalue weighted by atomic mass is 10.1. The molecule has 0 saturated carbocycles. The summed E-state index contributed by atoms with van der Waals surface area (Å²) in [6.07, 6.45) is 2.83. The van der Waals surface area contributed by atoms with Gasteiger partial charge in [-0.1, -0.05) is 0 Å². The smallest absolute Gasteiger partial charge is 0.296 e. The average Bonchev–Trinajstić information content (AvgIpc) is 2.91. The molecule has 8 nitrogen and oxygen atoms in total. The average molecular weight is 313 g/mol. The van der Waals surface area contributed by atoms with Crippen LogP contribution in [-0.4, -0.2) is 46.4 Å². The van der Waals surface area contributed by atoms with E-state index in [1.807, 2.05) is 0 Å². The van der Waals surface area contributed by atoms with Gasteiger partial charge in [0.25, 0.3) is 0 Å². The van der Waals surface area contributed by atoms with E-state index >= 15 is 0 Å². The lowest BCUT2D eigenvalue weighted by Crippen LogP contribution is -2.26. The molecule has 0 aliphatic carbocycles. The van der Waals surface area contributed by atoms with Crippen molar-refractivity contribution in [3.8, 4) is 0 Å². The van der Waals surface area contributed by atoms with Gasteiger partial charge in [-0.05, 0) is 0 Å². The fraction of sp³-hybridized carbons (Fsp3) is 0.455. The topological polar surface area (TPSA) is 98.1 Å². The molecule has 1 unspecified atom stereocenters. The van der Waals surface area contributed by atoms with Gasteiger partial charge in [0.1, 0.15) is 12.1 Å². The molecule has 0 bridgehead atoms. The van der Waals surface area contributed by atoms with Crippen molar-refractivity contribution in [1.29, 1.82) is 0 Å². The number of amides is 1.